The average Bonchev–Trinajstić information content (AvgIpc) is 3.35. The molecule has 12 heteroatoms. The summed E-state index contributed by atoms with van der Waals surface area (Å²) in [6, 6.07) is 25.3. The van der Waals surface area contributed by atoms with Gasteiger partial charge in [-0.25, -0.2) is 13.6 Å². The summed E-state index contributed by atoms with van der Waals surface area (Å²) in [6.45, 7) is 9.64. The molecule has 8 nitrogen and oxygen atoms in total. The molecule has 0 bridgehead atoms. The Labute approximate surface area is 284 Å². The molecule has 1 aliphatic heterocycles. The summed E-state index contributed by atoms with van der Waals surface area (Å²) in [6.07, 6.45) is -3.92. The first-order chi connectivity index (χ1) is 23.2. The third kappa shape index (κ3) is 6.83. The van der Waals surface area contributed by atoms with Gasteiger partial charge in [-0.2, -0.15) is 4.39 Å². The van der Waals surface area contributed by atoms with Crippen LogP contribution in [0.1, 0.15) is 43.7 Å². The third-order valence-corrected chi connectivity index (χ3v) is 14.0. The lowest BCUT2D eigenvalue weighted by molar-refractivity contribution is -0.139. The first kappa shape index (κ1) is 36.1. The second-order valence-corrected chi connectivity index (χ2v) is 18.4. The topological polar surface area (TPSA) is 91.8 Å². The van der Waals surface area contributed by atoms with Crippen molar-refractivity contribution in [3.05, 3.63) is 147 Å². The smallest absolute Gasteiger partial charge is 0.330 e. The van der Waals surface area contributed by atoms with E-state index in [-0.39, 0.29) is 18.0 Å². The number of ether oxygens (including phenoxy) is 3. The van der Waals surface area contributed by atoms with Crippen molar-refractivity contribution < 1.29 is 31.8 Å². The predicted octanol–water partition coefficient (Wildman–Crippen LogP) is 7.17. The van der Waals surface area contributed by atoms with Gasteiger partial charge in [-0.15, -0.1) is 0 Å². The Bertz CT molecular complexity index is 1840. The van der Waals surface area contributed by atoms with Crippen LogP contribution in [0.3, 0.4) is 0 Å². The summed E-state index contributed by atoms with van der Waals surface area (Å²) >= 11 is 0. The van der Waals surface area contributed by atoms with Gasteiger partial charge in [-0.3, -0.25) is 14.3 Å². The van der Waals surface area contributed by atoms with Gasteiger partial charge < -0.3 is 18.6 Å². The van der Waals surface area contributed by atoms with E-state index in [0.717, 1.165) is 6.08 Å². The molecular weight excluding hydrogens is 653 g/mol. The van der Waals surface area contributed by atoms with Gasteiger partial charge in [-0.1, -0.05) is 93.6 Å². The molecule has 1 saturated heterocycles. The maximum atomic E-state index is 17.4. The highest BCUT2D eigenvalue weighted by Gasteiger charge is 2.60. The Hall–Kier alpha value is -4.23. The van der Waals surface area contributed by atoms with Crippen LogP contribution < -0.4 is 16.0 Å². The van der Waals surface area contributed by atoms with Crippen molar-refractivity contribution >= 4 is 8.32 Å². The number of aromatic amines is 1. The van der Waals surface area contributed by atoms with Crippen molar-refractivity contribution in [1.82, 2.24) is 9.55 Å². The SMILES string of the molecule is COc1ccc(C(O[C@H]2[C@H](F)[C@H](n3cc(F)c(=O)[nH]c3=O)O[C@]2(/C=C\F)CO[Si](C)(C)C(C)(C)C)(c2ccccc2)c2ccccc2)cc1. The number of hydrogen-bond acceptors (Lipinski definition) is 6. The minimum Gasteiger partial charge on any atom is -0.497 e. The van der Waals surface area contributed by atoms with Crippen molar-refractivity contribution in [2.75, 3.05) is 13.7 Å². The zero-order chi connectivity index (χ0) is 35.6. The van der Waals surface area contributed by atoms with Crippen molar-refractivity contribution in [3.63, 3.8) is 0 Å². The average molecular weight is 695 g/mol. The molecule has 1 aromatic heterocycles. The number of hydrogen-bond donors (Lipinski definition) is 1. The Kier molecular flexibility index (Phi) is 10.3. The highest BCUT2D eigenvalue weighted by atomic mass is 28.4. The van der Waals surface area contributed by atoms with Crippen LogP contribution in [0.2, 0.25) is 18.1 Å². The Morgan fingerprint density at radius 2 is 1.49 bits per heavy atom. The quantitative estimate of drug-likeness (QED) is 0.132. The number of nitrogens with zero attached hydrogens (tertiary/aromatic N) is 1. The number of benzene rings is 3. The van der Waals surface area contributed by atoms with Crippen LogP contribution in [0.4, 0.5) is 13.2 Å². The van der Waals surface area contributed by atoms with Gasteiger partial charge >= 0.3 is 5.69 Å². The number of nitrogens with one attached hydrogen (secondary N) is 1. The fourth-order valence-electron chi connectivity index (χ4n) is 5.78. The Balaban J connectivity index is 1.78. The highest BCUT2D eigenvalue weighted by Crippen LogP contribution is 2.50. The lowest BCUT2D eigenvalue weighted by Crippen LogP contribution is -2.53. The van der Waals surface area contributed by atoms with Gasteiger partial charge in [0.2, 0.25) is 5.82 Å². The molecule has 1 fully saturated rings. The van der Waals surface area contributed by atoms with E-state index in [4.69, 9.17) is 18.6 Å². The van der Waals surface area contributed by atoms with Gasteiger partial charge in [0.15, 0.2) is 20.7 Å². The van der Waals surface area contributed by atoms with Crippen molar-refractivity contribution in [3.8, 4) is 5.75 Å². The molecule has 260 valence electrons. The molecule has 3 aromatic carbocycles. The van der Waals surface area contributed by atoms with Crippen LogP contribution >= 0.6 is 0 Å². The number of rotatable bonds is 11. The largest absolute Gasteiger partial charge is 0.497 e. The van der Waals surface area contributed by atoms with E-state index in [0.29, 0.717) is 33.2 Å². The number of alkyl halides is 1. The molecule has 5 rings (SSSR count). The second kappa shape index (κ2) is 13.9. The number of H-pyrrole nitrogens is 1. The van der Waals surface area contributed by atoms with Crippen LogP contribution in [-0.4, -0.2) is 49.5 Å². The number of aromatic nitrogens is 2. The maximum Gasteiger partial charge on any atom is 0.330 e. The molecule has 1 N–H and O–H groups in total. The van der Waals surface area contributed by atoms with Crippen LogP contribution in [0.25, 0.3) is 0 Å². The first-order valence-electron chi connectivity index (χ1n) is 15.9. The lowest BCUT2D eigenvalue weighted by Gasteiger charge is -2.44. The minimum absolute atomic E-state index is 0.219. The monoisotopic (exact) mass is 694 g/mol. The van der Waals surface area contributed by atoms with E-state index in [2.05, 4.69) is 0 Å². The molecule has 4 atom stereocenters. The fourth-order valence-corrected chi connectivity index (χ4v) is 6.80. The Morgan fingerprint density at radius 1 is 0.939 bits per heavy atom. The normalized spacial score (nSPS) is 21.7. The molecule has 0 unspecified atom stereocenters. The van der Waals surface area contributed by atoms with Crippen LogP contribution in [0.5, 0.6) is 5.75 Å². The van der Waals surface area contributed by atoms with E-state index in [9.17, 15) is 18.4 Å². The van der Waals surface area contributed by atoms with E-state index in [1.165, 1.54) is 0 Å². The molecule has 0 amide bonds. The van der Waals surface area contributed by atoms with Crippen LogP contribution in [0.15, 0.2) is 113 Å². The van der Waals surface area contributed by atoms with Gasteiger partial charge in [0.05, 0.1) is 26.2 Å². The van der Waals surface area contributed by atoms with E-state index in [1.54, 1.807) is 31.4 Å². The molecule has 49 heavy (non-hydrogen) atoms. The summed E-state index contributed by atoms with van der Waals surface area (Å²) in [7, 11) is -1.05. The van der Waals surface area contributed by atoms with Gasteiger partial charge in [0, 0.05) is 0 Å². The minimum atomic E-state index is -2.59. The van der Waals surface area contributed by atoms with E-state index in [1.807, 2.05) is 99.5 Å². The zero-order valence-electron chi connectivity index (χ0n) is 28.3. The summed E-state index contributed by atoms with van der Waals surface area (Å²) in [5, 5.41) is -0.295. The molecule has 0 spiro atoms. The van der Waals surface area contributed by atoms with Gasteiger partial charge in [0.1, 0.15) is 23.1 Å². The fraction of sp³-hybridized carbons (Fsp3) is 0.351. The standard InChI is InChI=1S/C37H41F3N2O6Si/c1-35(2,3)49(5,6)46-24-36(21-22-38)31(30(40)33(48-36)42-23-29(39)32(43)41-34(42)44)47-37(25-13-9-7-10-14-25,26-15-11-8-12-16-26)27-17-19-28(45-4)20-18-27/h7-23,30-31,33H,24H2,1-6H3,(H,41,43,44)/b22-21-/t30-,31-,33+,36+/m0/s1. The maximum absolute atomic E-state index is 17.4. The number of methoxy groups -OCH3 is 1. The summed E-state index contributed by atoms with van der Waals surface area (Å²) in [4.78, 5) is 26.7. The second-order valence-electron chi connectivity index (χ2n) is 13.6. The number of halogens is 3. The van der Waals surface area contributed by atoms with Gasteiger partial charge in [-0.05, 0) is 53.0 Å². The molecule has 1 aliphatic rings. The van der Waals surface area contributed by atoms with Crippen LogP contribution in [0, 0.1) is 5.82 Å². The van der Waals surface area contributed by atoms with Crippen molar-refractivity contribution in [2.45, 2.75) is 68.6 Å². The zero-order valence-corrected chi connectivity index (χ0v) is 29.3. The lowest BCUT2D eigenvalue weighted by atomic mass is 9.79. The first-order valence-corrected chi connectivity index (χ1v) is 18.8. The molecule has 0 aliphatic carbocycles. The van der Waals surface area contributed by atoms with Crippen molar-refractivity contribution in [2.24, 2.45) is 0 Å². The molecule has 4 aromatic rings. The van der Waals surface area contributed by atoms with Crippen LogP contribution in [-0.2, 0) is 19.5 Å². The predicted molar refractivity (Wildman–Crippen MR) is 183 cm³/mol. The molecule has 2 heterocycles. The molecular formula is C37H41F3N2O6Si. The summed E-state index contributed by atoms with van der Waals surface area (Å²) in [5.41, 5.74) is -4.12. The highest BCUT2D eigenvalue weighted by molar-refractivity contribution is 6.74. The van der Waals surface area contributed by atoms with E-state index >= 15 is 4.39 Å². The Morgan fingerprint density at radius 3 is 2.00 bits per heavy atom. The molecule has 0 radical (unpaired) electrons. The van der Waals surface area contributed by atoms with Crippen molar-refractivity contribution in [1.29, 1.82) is 0 Å². The third-order valence-electron chi connectivity index (χ3n) is 9.55. The molecule has 0 saturated carbocycles. The summed E-state index contributed by atoms with van der Waals surface area (Å²) in [5.74, 6) is -0.756. The van der Waals surface area contributed by atoms with Gasteiger partial charge in [0.25, 0.3) is 5.56 Å². The van der Waals surface area contributed by atoms with E-state index < -0.39 is 55.1 Å². The summed E-state index contributed by atoms with van der Waals surface area (Å²) < 4.78 is 72.5.